The molecule has 1 aromatic rings. The van der Waals surface area contributed by atoms with Crippen molar-refractivity contribution in [1.29, 1.82) is 0 Å². The van der Waals surface area contributed by atoms with E-state index in [2.05, 4.69) is 25.2 Å². The minimum Gasteiger partial charge on any atom is -0.492 e. The van der Waals surface area contributed by atoms with Crippen molar-refractivity contribution in [3.63, 3.8) is 0 Å². The van der Waals surface area contributed by atoms with Crippen molar-refractivity contribution >= 4 is 17.3 Å². The topological polar surface area (TPSA) is 21.3 Å². The van der Waals surface area contributed by atoms with Gasteiger partial charge in [-0.15, -0.1) is 0 Å². The van der Waals surface area contributed by atoms with Crippen molar-refractivity contribution in [1.82, 2.24) is 0 Å². The van der Waals surface area contributed by atoms with Crippen molar-refractivity contribution in [2.75, 3.05) is 18.5 Å². The second-order valence-corrected chi connectivity index (χ2v) is 6.42. The maximum Gasteiger partial charge on any atom is 0.138 e. The summed E-state index contributed by atoms with van der Waals surface area (Å²) in [6, 6.07) is 5.99. The van der Waals surface area contributed by atoms with E-state index in [0.717, 1.165) is 36.2 Å². The predicted octanol–water partition coefficient (Wildman–Crippen LogP) is 5.37. The van der Waals surface area contributed by atoms with E-state index in [1.165, 1.54) is 25.7 Å². The molecule has 1 aliphatic carbocycles. The normalized spacial score (nSPS) is 22.6. The molecular formula is C17H26ClNO. The second-order valence-electron chi connectivity index (χ2n) is 6.01. The Morgan fingerprint density at radius 2 is 2.20 bits per heavy atom. The van der Waals surface area contributed by atoms with E-state index in [0.29, 0.717) is 11.6 Å². The first-order valence-electron chi connectivity index (χ1n) is 7.85. The van der Waals surface area contributed by atoms with Crippen LogP contribution in [0.1, 0.15) is 46.0 Å². The van der Waals surface area contributed by atoms with E-state index in [1.807, 2.05) is 12.1 Å². The van der Waals surface area contributed by atoms with Gasteiger partial charge < -0.3 is 10.1 Å². The highest BCUT2D eigenvalue weighted by Crippen LogP contribution is 2.30. The summed E-state index contributed by atoms with van der Waals surface area (Å²) in [5.41, 5.74) is 1.09. The van der Waals surface area contributed by atoms with Gasteiger partial charge in [0.05, 0.1) is 11.6 Å². The van der Waals surface area contributed by atoms with Gasteiger partial charge in [0.2, 0.25) is 0 Å². The Kier molecular flexibility index (Phi) is 6.03. The lowest BCUT2D eigenvalue weighted by molar-refractivity contribution is 0.293. The van der Waals surface area contributed by atoms with Crippen LogP contribution in [-0.2, 0) is 0 Å². The smallest absolute Gasteiger partial charge is 0.138 e. The van der Waals surface area contributed by atoms with Crippen LogP contribution in [0.2, 0.25) is 5.02 Å². The fourth-order valence-corrected chi connectivity index (χ4v) is 3.18. The van der Waals surface area contributed by atoms with Crippen LogP contribution in [0.4, 0.5) is 5.69 Å². The molecule has 112 valence electrons. The molecule has 0 aliphatic heterocycles. The van der Waals surface area contributed by atoms with Crippen LogP contribution >= 0.6 is 11.6 Å². The van der Waals surface area contributed by atoms with Crippen LogP contribution in [0.5, 0.6) is 5.75 Å². The lowest BCUT2D eigenvalue weighted by Crippen LogP contribution is -2.20. The summed E-state index contributed by atoms with van der Waals surface area (Å²) in [6.45, 7) is 6.22. The molecule has 0 amide bonds. The SMILES string of the molecule is CCCOc1ccc(NCC2CCCC(C)C2)cc1Cl. The van der Waals surface area contributed by atoms with Gasteiger partial charge in [0, 0.05) is 12.2 Å². The van der Waals surface area contributed by atoms with E-state index in [4.69, 9.17) is 16.3 Å². The molecule has 1 aliphatic rings. The van der Waals surface area contributed by atoms with Gasteiger partial charge in [-0.25, -0.2) is 0 Å². The summed E-state index contributed by atoms with van der Waals surface area (Å²) in [7, 11) is 0. The lowest BCUT2D eigenvalue weighted by Gasteiger charge is -2.27. The standard InChI is InChI=1S/C17H26ClNO/c1-3-9-20-17-8-7-15(11-16(17)18)19-12-14-6-4-5-13(2)10-14/h7-8,11,13-14,19H,3-6,9-10,12H2,1-2H3. The zero-order chi connectivity index (χ0) is 14.4. The molecule has 0 saturated heterocycles. The summed E-state index contributed by atoms with van der Waals surface area (Å²) < 4.78 is 5.59. The molecule has 2 unspecified atom stereocenters. The highest BCUT2D eigenvalue weighted by Gasteiger charge is 2.18. The van der Waals surface area contributed by atoms with Crippen molar-refractivity contribution in [2.24, 2.45) is 11.8 Å². The maximum absolute atomic E-state index is 6.24. The monoisotopic (exact) mass is 295 g/mol. The number of hydrogen-bond donors (Lipinski definition) is 1. The average Bonchev–Trinajstić information content (AvgIpc) is 2.44. The third-order valence-corrected chi connectivity index (χ3v) is 4.33. The van der Waals surface area contributed by atoms with Crippen LogP contribution in [-0.4, -0.2) is 13.2 Å². The third-order valence-electron chi connectivity index (χ3n) is 4.03. The summed E-state index contributed by atoms with van der Waals surface area (Å²) in [6.07, 6.45) is 6.46. The van der Waals surface area contributed by atoms with Crippen molar-refractivity contribution < 1.29 is 4.74 Å². The third kappa shape index (κ3) is 4.59. The van der Waals surface area contributed by atoms with Crippen LogP contribution in [0, 0.1) is 11.8 Å². The fourth-order valence-electron chi connectivity index (χ4n) is 2.95. The molecular weight excluding hydrogens is 270 g/mol. The molecule has 0 aromatic heterocycles. The van der Waals surface area contributed by atoms with Crippen LogP contribution in [0.3, 0.4) is 0 Å². The number of hydrogen-bond acceptors (Lipinski definition) is 2. The predicted molar refractivity (Wildman–Crippen MR) is 86.8 cm³/mol. The largest absolute Gasteiger partial charge is 0.492 e. The number of halogens is 1. The number of benzene rings is 1. The fraction of sp³-hybridized carbons (Fsp3) is 0.647. The average molecular weight is 296 g/mol. The minimum atomic E-state index is 0.695. The quantitative estimate of drug-likeness (QED) is 0.762. The number of anilines is 1. The van der Waals surface area contributed by atoms with Gasteiger partial charge in [-0.3, -0.25) is 0 Å². The zero-order valence-corrected chi connectivity index (χ0v) is 13.4. The molecule has 0 bridgehead atoms. The molecule has 1 saturated carbocycles. The molecule has 1 aromatic carbocycles. The Balaban J connectivity index is 1.85. The van der Waals surface area contributed by atoms with Gasteiger partial charge in [0.1, 0.15) is 5.75 Å². The zero-order valence-electron chi connectivity index (χ0n) is 12.6. The summed E-state index contributed by atoms with van der Waals surface area (Å²) in [5.74, 6) is 2.46. The van der Waals surface area contributed by atoms with E-state index < -0.39 is 0 Å². The van der Waals surface area contributed by atoms with Gasteiger partial charge in [0.25, 0.3) is 0 Å². The van der Waals surface area contributed by atoms with E-state index in [9.17, 15) is 0 Å². The maximum atomic E-state index is 6.24. The Hall–Kier alpha value is -0.890. The summed E-state index contributed by atoms with van der Waals surface area (Å²) in [4.78, 5) is 0. The molecule has 2 atom stereocenters. The van der Waals surface area contributed by atoms with E-state index >= 15 is 0 Å². The number of nitrogens with one attached hydrogen (secondary N) is 1. The van der Waals surface area contributed by atoms with Crippen LogP contribution < -0.4 is 10.1 Å². The van der Waals surface area contributed by atoms with Gasteiger partial charge in [-0.2, -0.15) is 0 Å². The second kappa shape index (κ2) is 7.78. The molecule has 1 N–H and O–H groups in total. The van der Waals surface area contributed by atoms with Crippen LogP contribution in [0.25, 0.3) is 0 Å². The first kappa shape index (κ1) is 15.5. The Morgan fingerprint density at radius 3 is 2.90 bits per heavy atom. The molecule has 0 heterocycles. The molecule has 1 fully saturated rings. The molecule has 0 radical (unpaired) electrons. The molecule has 20 heavy (non-hydrogen) atoms. The highest BCUT2D eigenvalue weighted by atomic mass is 35.5. The van der Waals surface area contributed by atoms with Gasteiger partial charge in [-0.1, -0.05) is 38.3 Å². The summed E-state index contributed by atoms with van der Waals surface area (Å²) >= 11 is 6.24. The minimum absolute atomic E-state index is 0.695. The Labute approximate surface area is 127 Å². The first-order chi connectivity index (χ1) is 9.69. The van der Waals surface area contributed by atoms with Crippen molar-refractivity contribution in [2.45, 2.75) is 46.0 Å². The first-order valence-corrected chi connectivity index (χ1v) is 8.23. The van der Waals surface area contributed by atoms with Crippen molar-refractivity contribution in [3.05, 3.63) is 23.2 Å². The molecule has 2 nitrogen and oxygen atoms in total. The van der Waals surface area contributed by atoms with Crippen molar-refractivity contribution in [3.8, 4) is 5.75 Å². The van der Waals surface area contributed by atoms with Gasteiger partial charge in [-0.05, 0) is 49.3 Å². The van der Waals surface area contributed by atoms with E-state index in [1.54, 1.807) is 0 Å². The van der Waals surface area contributed by atoms with E-state index in [-0.39, 0.29) is 0 Å². The molecule has 3 heteroatoms. The number of ether oxygens (including phenoxy) is 1. The molecule has 0 spiro atoms. The lowest BCUT2D eigenvalue weighted by atomic mass is 9.82. The Morgan fingerprint density at radius 1 is 1.35 bits per heavy atom. The van der Waals surface area contributed by atoms with Gasteiger partial charge >= 0.3 is 0 Å². The number of rotatable bonds is 6. The van der Waals surface area contributed by atoms with Crippen LogP contribution in [0.15, 0.2) is 18.2 Å². The highest BCUT2D eigenvalue weighted by molar-refractivity contribution is 6.32. The molecule has 2 rings (SSSR count). The van der Waals surface area contributed by atoms with Gasteiger partial charge in [0.15, 0.2) is 0 Å². The summed E-state index contributed by atoms with van der Waals surface area (Å²) in [5, 5.41) is 4.21. The Bertz CT molecular complexity index is 421.